The van der Waals surface area contributed by atoms with Gasteiger partial charge in [0.15, 0.2) is 5.43 Å². The molecule has 1 aromatic rings. The van der Waals surface area contributed by atoms with E-state index >= 15 is 0 Å². The zero-order chi connectivity index (χ0) is 7.56. The van der Waals surface area contributed by atoms with Crippen LogP contribution in [-0.4, -0.2) is 10.9 Å². The topological polar surface area (TPSA) is 76.0 Å². The van der Waals surface area contributed by atoms with Gasteiger partial charge in [0.05, 0.1) is 0 Å². The van der Waals surface area contributed by atoms with E-state index in [4.69, 9.17) is 5.73 Å². The third kappa shape index (κ3) is 2.09. The molecule has 0 aromatic carbocycles. The zero-order valence-corrected chi connectivity index (χ0v) is 6.35. The Morgan fingerprint density at radius 1 is 1.55 bits per heavy atom. The van der Waals surface area contributed by atoms with Gasteiger partial charge in [-0.15, -0.1) is 12.4 Å². The van der Waals surface area contributed by atoms with Gasteiger partial charge in [-0.25, -0.2) is 0 Å². The number of rotatable bonds is 1. The molecule has 4 nitrogen and oxygen atoms in total. The summed E-state index contributed by atoms with van der Waals surface area (Å²) in [7, 11) is 0. The Kier molecular flexibility index (Phi) is 3.33. The molecule has 5 heteroatoms. The fraction of sp³-hybridized carbons (Fsp3) is 0. The Bertz CT molecular complexity index is 307. The van der Waals surface area contributed by atoms with E-state index in [0.717, 1.165) is 0 Å². The molecule has 0 saturated heterocycles. The molecule has 0 aliphatic heterocycles. The maximum absolute atomic E-state index is 10.7. The van der Waals surface area contributed by atoms with Gasteiger partial charge in [0, 0.05) is 18.5 Å². The molecule has 1 rings (SSSR count). The van der Waals surface area contributed by atoms with E-state index in [1.165, 1.54) is 18.5 Å². The van der Waals surface area contributed by atoms with E-state index in [1.807, 2.05) is 0 Å². The summed E-state index contributed by atoms with van der Waals surface area (Å²) >= 11 is 0. The first-order valence-electron chi connectivity index (χ1n) is 2.68. The highest BCUT2D eigenvalue weighted by molar-refractivity contribution is 5.92. The minimum absolute atomic E-state index is 0. The molecular weight excluding hydrogens is 168 g/mol. The van der Waals surface area contributed by atoms with Crippen LogP contribution >= 0.6 is 12.4 Å². The number of aromatic nitrogens is 1. The lowest BCUT2D eigenvalue weighted by atomic mass is 10.3. The number of pyridine rings is 1. The van der Waals surface area contributed by atoms with Gasteiger partial charge in [0.25, 0.3) is 5.91 Å². The maximum atomic E-state index is 10.7. The summed E-state index contributed by atoms with van der Waals surface area (Å²) < 4.78 is 0. The number of aromatic amines is 1. The Morgan fingerprint density at radius 3 is 2.55 bits per heavy atom. The van der Waals surface area contributed by atoms with Crippen molar-refractivity contribution in [1.82, 2.24) is 4.98 Å². The molecule has 60 valence electrons. The first kappa shape index (κ1) is 9.71. The van der Waals surface area contributed by atoms with Gasteiger partial charge in [-0.3, -0.25) is 9.59 Å². The minimum Gasteiger partial charge on any atom is -0.367 e. The van der Waals surface area contributed by atoms with Crippen LogP contribution in [0.4, 0.5) is 0 Å². The summed E-state index contributed by atoms with van der Waals surface area (Å²) in [6, 6.07) is 1.25. The summed E-state index contributed by atoms with van der Waals surface area (Å²) in [5, 5.41) is 0. The molecule has 0 fully saturated rings. The van der Waals surface area contributed by atoms with Crippen LogP contribution < -0.4 is 11.2 Å². The predicted molar refractivity (Wildman–Crippen MR) is 42.8 cm³/mol. The SMILES string of the molecule is Cl.NC(=O)c1c[nH]ccc1=O. The van der Waals surface area contributed by atoms with Crippen molar-refractivity contribution in [2.45, 2.75) is 0 Å². The second kappa shape index (κ2) is 3.78. The average molecular weight is 175 g/mol. The summed E-state index contributed by atoms with van der Waals surface area (Å²) in [6.45, 7) is 0. The number of hydrogen-bond acceptors (Lipinski definition) is 2. The van der Waals surface area contributed by atoms with Crippen LogP contribution in [0.5, 0.6) is 0 Å². The third-order valence-electron chi connectivity index (χ3n) is 1.09. The van der Waals surface area contributed by atoms with Crippen molar-refractivity contribution < 1.29 is 4.79 Å². The summed E-state index contributed by atoms with van der Waals surface area (Å²) in [5.41, 5.74) is 4.49. The fourth-order valence-corrected chi connectivity index (χ4v) is 0.609. The number of carbonyl (C=O) groups excluding carboxylic acids is 1. The van der Waals surface area contributed by atoms with Crippen molar-refractivity contribution in [1.29, 1.82) is 0 Å². The maximum Gasteiger partial charge on any atom is 0.254 e. The van der Waals surface area contributed by atoms with E-state index in [2.05, 4.69) is 4.98 Å². The summed E-state index contributed by atoms with van der Waals surface area (Å²) in [5.74, 6) is -0.707. The summed E-state index contributed by atoms with van der Waals surface area (Å²) in [6.07, 6.45) is 2.72. The number of nitrogens with one attached hydrogen (secondary N) is 1. The molecule has 1 amide bonds. The lowest BCUT2D eigenvalue weighted by molar-refractivity contribution is 0.0999. The van der Waals surface area contributed by atoms with E-state index in [9.17, 15) is 9.59 Å². The number of primary amides is 1. The van der Waals surface area contributed by atoms with E-state index in [1.54, 1.807) is 0 Å². The average Bonchev–Trinajstić information content (AvgIpc) is 1.88. The molecule has 0 aliphatic carbocycles. The van der Waals surface area contributed by atoms with E-state index in [0.29, 0.717) is 0 Å². The van der Waals surface area contributed by atoms with Crippen molar-refractivity contribution >= 4 is 18.3 Å². The zero-order valence-electron chi connectivity index (χ0n) is 5.53. The number of carbonyl (C=O) groups is 1. The normalized spacial score (nSPS) is 8.36. The Balaban J connectivity index is 0.000001000. The number of amides is 1. The van der Waals surface area contributed by atoms with Crippen LogP contribution in [0, 0.1) is 0 Å². The number of H-pyrrole nitrogens is 1. The van der Waals surface area contributed by atoms with Crippen molar-refractivity contribution in [3.63, 3.8) is 0 Å². The van der Waals surface area contributed by atoms with Crippen molar-refractivity contribution in [3.8, 4) is 0 Å². The second-order valence-corrected chi connectivity index (χ2v) is 1.79. The van der Waals surface area contributed by atoms with E-state index in [-0.39, 0.29) is 23.4 Å². The summed E-state index contributed by atoms with van der Waals surface area (Å²) in [4.78, 5) is 23.7. The van der Waals surface area contributed by atoms with Crippen molar-refractivity contribution in [3.05, 3.63) is 34.2 Å². The predicted octanol–water partition coefficient (Wildman–Crippen LogP) is -0.104. The number of hydrogen-bond donors (Lipinski definition) is 2. The molecule has 0 spiro atoms. The van der Waals surface area contributed by atoms with Gasteiger partial charge >= 0.3 is 0 Å². The molecule has 0 saturated carbocycles. The van der Waals surface area contributed by atoms with Crippen LogP contribution in [0.25, 0.3) is 0 Å². The Morgan fingerprint density at radius 2 is 2.18 bits per heavy atom. The lowest BCUT2D eigenvalue weighted by Gasteiger charge is -1.89. The molecule has 3 N–H and O–H groups in total. The molecule has 0 unspecified atom stereocenters. The first-order valence-corrected chi connectivity index (χ1v) is 2.68. The monoisotopic (exact) mass is 174 g/mol. The first-order chi connectivity index (χ1) is 4.72. The molecule has 0 bridgehead atoms. The number of halogens is 1. The lowest BCUT2D eigenvalue weighted by Crippen LogP contribution is -2.20. The van der Waals surface area contributed by atoms with E-state index < -0.39 is 5.91 Å². The van der Waals surface area contributed by atoms with Gasteiger partial charge in [-0.05, 0) is 0 Å². The second-order valence-electron chi connectivity index (χ2n) is 1.79. The Hall–Kier alpha value is -1.29. The quantitative estimate of drug-likeness (QED) is 0.624. The molecule has 1 aromatic heterocycles. The van der Waals surface area contributed by atoms with Gasteiger partial charge in [0.2, 0.25) is 0 Å². The smallest absolute Gasteiger partial charge is 0.254 e. The van der Waals surface area contributed by atoms with Crippen molar-refractivity contribution in [2.24, 2.45) is 5.73 Å². The van der Waals surface area contributed by atoms with Crippen LogP contribution in [0.3, 0.4) is 0 Å². The number of nitrogens with two attached hydrogens (primary N) is 1. The van der Waals surface area contributed by atoms with Gasteiger partial charge in [-0.2, -0.15) is 0 Å². The van der Waals surface area contributed by atoms with Crippen LogP contribution in [0.15, 0.2) is 23.3 Å². The third-order valence-corrected chi connectivity index (χ3v) is 1.09. The van der Waals surface area contributed by atoms with Gasteiger partial charge in [-0.1, -0.05) is 0 Å². The van der Waals surface area contributed by atoms with Crippen LogP contribution in [0.2, 0.25) is 0 Å². The van der Waals surface area contributed by atoms with Gasteiger partial charge < -0.3 is 10.7 Å². The highest BCUT2D eigenvalue weighted by Crippen LogP contribution is 1.83. The minimum atomic E-state index is -0.707. The highest BCUT2D eigenvalue weighted by atomic mass is 35.5. The van der Waals surface area contributed by atoms with Crippen LogP contribution in [-0.2, 0) is 0 Å². The molecule has 11 heavy (non-hydrogen) atoms. The van der Waals surface area contributed by atoms with Crippen molar-refractivity contribution in [2.75, 3.05) is 0 Å². The molecule has 0 atom stereocenters. The highest BCUT2D eigenvalue weighted by Gasteiger charge is 2.01. The standard InChI is InChI=1S/C6H6N2O2.ClH/c7-6(10)4-3-8-2-1-5(4)9;/h1-3H,(H2,7,10)(H,8,9);1H. The van der Waals surface area contributed by atoms with Gasteiger partial charge in [0.1, 0.15) is 5.56 Å². The fourth-order valence-electron chi connectivity index (χ4n) is 0.609. The largest absolute Gasteiger partial charge is 0.367 e. The molecule has 1 heterocycles. The molecular formula is C6H7ClN2O2. The molecule has 0 radical (unpaired) electrons. The Labute approximate surface area is 68.8 Å². The van der Waals surface area contributed by atoms with Crippen LogP contribution in [0.1, 0.15) is 10.4 Å². The molecule has 0 aliphatic rings.